The van der Waals surface area contributed by atoms with Crippen molar-refractivity contribution >= 4 is 16.9 Å². The number of para-hydroxylation sites is 1. The molecule has 1 aromatic heterocycles. The van der Waals surface area contributed by atoms with Gasteiger partial charge < -0.3 is 14.8 Å². The Balaban J connectivity index is 1.37. The smallest absolute Gasteiger partial charge is 0.251 e. The van der Waals surface area contributed by atoms with E-state index in [-0.39, 0.29) is 12.7 Å². The number of aryl methyl sites for hydroxylation is 1. The van der Waals surface area contributed by atoms with Crippen molar-refractivity contribution in [1.29, 1.82) is 0 Å². The van der Waals surface area contributed by atoms with Crippen molar-refractivity contribution in [2.45, 2.75) is 13.5 Å². The van der Waals surface area contributed by atoms with Gasteiger partial charge >= 0.3 is 0 Å². The predicted molar refractivity (Wildman–Crippen MR) is 110 cm³/mol. The molecule has 1 amide bonds. The lowest BCUT2D eigenvalue weighted by Crippen LogP contribution is -2.22. The fraction of sp³-hybridized carbons (Fsp3) is 0.130. The molecule has 1 aliphatic heterocycles. The van der Waals surface area contributed by atoms with Crippen LogP contribution in [0.15, 0.2) is 66.7 Å². The fourth-order valence-electron chi connectivity index (χ4n) is 3.58. The number of carbonyl (C=O) groups excluding carboxylic acids is 1. The third-order valence-corrected chi connectivity index (χ3v) is 4.99. The van der Waals surface area contributed by atoms with Crippen LogP contribution in [0.1, 0.15) is 21.7 Å². The number of hydrogen-bond acceptors (Lipinski definition) is 4. The molecule has 5 rings (SSSR count). The van der Waals surface area contributed by atoms with Crippen LogP contribution in [-0.4, -0.2) is 22.3 Å². The van der Waals surface area contributed by atoms with Gasteiger partial charge in [0.15, 0.2) is 11.5 Å². The van der Waals surface area contributed by atoms with E-state index in [1.807, 2.05) is 73.7 Å². The van der Waals surface area contributed by atoms with Crippen LogP contribution < -0.4 is 14.8 Å². The zero-order chi connectivity index (χ0) is 19.8. The molecule has 144 valence electrons. The van der Waals surface area contributed by atoms with E-state index in [4.69, 9.17) is 9.47 Å². The largest absolute Gasteiger partial charge is 0.454 e. The van der Waals surface area contributed by atoms with E-state index in [0.29, 0.717) is 17.9 Å². The van der Waals surface area contributed by atoms with Crippen LogP contribution in [0, 0.1) is 6.92 Å². The Labute approximate surface area is 167 Å². The molecule has 6 heteroatoms. The van der Waals surface area contributed by atoms with Crippen molar-refractivity contribution in [3.63, 3.8) is 0 Å². The molecule has 0 saturated carbocycles. The number of nitrogens with one attached hydrogen (secondary N) is 1. The van der Waals surface area contributed by atoms with E-state index in [1.54, 1.807) is 0 Å². The number of imidazole rings is 1. The van der Waals surface area contributed by atoms with Crippen molar-refractivity contribution in [1.82, 2.24) is 14.9 Å². The number of nitrogens with zero attached hydrogens (tertiary/aromatic N) is 2. The SMILES string of the molecule is Cc1nc2cc(C(=O)NCc3ccc4c(c3)OCO4)ccc2n1-c1ccccc1. The Morgan fingerprint density at radius 1 is 1.03 bits per heavy atom. The van der Waals surface area contributed by atoms with Gasteiger partial charge in [-0.1, -0.05) is 24.3 Å². The quantitative estimate of drug-likeness (QED) is 0.577. The van der Waals surface area contributed by atoms with Gasteiger partial charge in [0.25, 0.3) is 5.91 Å². The van der Waals surface area contributed by atoms with Crippen molar-refractivity contribution in [3.05, 3.63) is 83.7 Å². The minimum atomic E-state index is -0.142. The summed E-state index contributed by atoms with van der Waals surface area (Å²) in [5.41, 5.74) is 4.35. The van der Waals surface area contributed by atoms with E-state index in [1.165, 1.54) is 0 Å². The summed E-state index contributed by atoms with van der Waals surface area (Å²) in [5.74, 6) is 2.18. The Morgan fingerprint density at radius 3 is 2.72 bits per heavy atom. The van der Waals surface area contributed by atoms with Gasteiger partial charge in [-0.05, 0) is 55.0 Å². The highest BCUT2D eigenvalue weighted by molar-refractivity contribution is 5.97. The Morgan fingerprint density at radius 2 is 1.86 bits per heavy atom. The monoisotopic (exact) mass is 385 g/mol. The third kappa shape index (κ3) is 3.18. The molecule has 1 aliphatic rings. The lowest BCUT2D eigenvalue weighted by Gasteiger charge is -2.08. The average molecular weight is 385 g/mol. The zero-order valence-corrected chi connectivity index (χ0v) is 15.9. The van der Waals surface area contributed by atoms with Gasteiger partial charge in [-0.3, -0.25) is 9.36 Å². The first-order chi connectivity index (χ1) is 14.2. The number of ether oxygens (including phenoxy) is 2. The number of aromatic nitrogens is 2. The van der Waals surface area contributed by atoms with Crippen molar-refractivity contribution in [3.8, 4) is 17.2 Å². The van der Waals surface area contributed by atoms with Crippen molar-refractivity contribution in [2.75, 3.05) is 6.79 Å². The molecule has 1 N–H and O–H groups in total. The summed E-state index contributed by atoms with van der Waals surface area (Å²) in [4.78, 5) is 17.3. The number of amides is 1. The highest BCUT2D eigenvalue weighted by Crippen LogP contribution is 2.32. The maximum absolute atomic E-state index is 12.7. The van der Waals surface area contributed by atoms with Gasteiger partial charge in [-0.15, -0.1) is 0 Å². The summed E-state index contributed by atoms with van der Waals surface area (Å²) in [6, 6.07) is 21.3. The topological polar surface area (TPSA) is 65.4 Å². The predicted octanol–water partition coefficient (Wildman–Crippen LogP) is 3.99. The molecule has 0 radical (unpaired) electrons. The molecule has 4 aromatic rings. The molecule has 29 heavy (non-hydrogen) atoms. The number of fused-ring (bicyclic) bond motifs is 2. The maximum Gasteiger partial charge on any atom is 0.251 e. The van der Waals surface area contributed by atoms with Crippen LogP contribution >= 0.6 is 0 Å². The molecular formula is C23H19N3O3. The van der Waals surface area contributed by atoms with Crippen LogP contribution in [0.2, 0.25) is 0 Å². The van der Waals surface area contributed by atoms with Gasteiger partial charge in [-0.2, -0.15) is 0 Å². The van der Waals surface area contributed by atoms with Crippen LogP contribution in [0.5, 0.6) is 11.5 Å². The molecule has 0 fully saturated rings. The highest BCUT2D eigenvalue weighted by Gasteiger charge is 2.15. The summed E-state index contributed by atoms with van der Waals surface area (Å²) in [5, 5.41) is 2.95. The van der Waals surface area contributed by atoms with Crippen LogP contribution in [0.25, 0.3) is 16.7 Å². The van der Waals surface area contributed by atoms with Gasteiger partial charge in [0.2, 0.25) is 6.79 Å². The third-order valence-electron chi connectivity index (χ3n) is 4.99. The van der Waals surface area contributed by atoms with E-state index < -0.39 is 0 Å². The summed E-state index contributed by atoms with van der Waals surface area (Å²) >= 11 is 0. The number of rotatable bonds is 4. The van der Waals surface area contributed by atoms with Gasteiger partial charge in [0.1, 0.15) is 5.82 Å². The van der Waals surface area contributed by atoms with Crippen LogP contribution in [0.3, 0.4) is 0 Å². The Kier molecular flexibility index (Phi) is 4.17. The minimum absolute atomic E-state index is 0.142. The molecule has 0 spiro atoms. The first-order valence-corrected chi connectivity index (χ1v) is 9.40. The average Bonchev–Trinajstić information content (AvgIpc) is 3.34. The first-order valence-electron chi connectivity index (χ1n) is 9.40. The second-order valence-electron chi connectivity index (χ2n) is 6.90. The maximum atomic E-state index is 12.7. The van der Waals surface area contributed by atoms with Gasteiger partial charge in [0, 0.05) is 17.8 Å². The zero-order valence-electron chi connectivity index (χ0n) is 15.9. The van der Waals surface area contributed by atoms with Gasteiger partial charge in [0.05, 0.1) is 11.0 Å². The lowest BCUT2D eigenvalue weighted by atomic mass is 10.1. The number of carbonyl (C=O) groups is 1. The fourth-order valence-corrected chi connectivity index (χ4v) is 3.58. The van der Waals surface area contributed by atoms with E-state index in [2.05, 4.69) is 14.9 Å². The second-order valence-corrected chi connectivity index (χ2v) is 6.90. The number of benzene rings is 3. The molecule has 0 saturated heterocycles. The molecule has 2 heterocycles. The number of hydrogen-bond donors (Lipinski definition) is 1. The van der Waals surface area contributed by atoms with E-state index in [9.17, 15) is 4.79 Å². The Bertz CT molecular complexity index is 1220. The van der Waals surface area contributed by atoms with Crippen molar-refractivity contribution in [2.24, 2.45) is 0 Å². The lowest BCUT2D eigenvalue weighted by molar-refractivity contribution is 0.0951. The van der Waals surface area contributed by atoms with E-state index >= 15 is 0 Å². The highest BCUT2D eigenvalue weighted by atomic mass is 16.7. The minimum Gasteiger partial charge on any atom is -0.454 e. The molecule has 0 atom stereocenters. The molecule has 0 bridgehead atoms. The molecule has 6 nitrogen and oxygen atoms in total. The molecular weight excluding hydrogens is 366 g/mol. The molecule has 0 aliphatic carbocycles. The van der Waals surface area contributed by atoms with Crippen LogP contribution in [-0.2, 0) is 6.54 Å². The van der Waals surface area contributed by atoms with Crippen LogP contribution in [0.4, 0.5) is 0 Å². The molecule has 0 unspecified atom stereocenters. The first kappa shape index (κ1) is 17.3. The summed E-state index contributed by atoms with van der Waals surface area (Å²) in [6.07, 6.45) is 0. The Hall–Kier alpha value is -3.80. The normalized spacial score (nSPS) is 12.3. The molecule has 3 aromatic carbocycles. The van der Waals surface area contributed by atoms with Crippen molar-refractivity contribution < 1.29 is 14.3 Å². The summed E-state index contributed by atoms with van der Waals surface area (Å²) in [7, 11) is 0. The summed E-state index contributed by atoms with van der Waals surface area (Å²) < 4.78 is 12.8. The van der Waals surface area contributed by atoms with E-state index in [0.717, 1.165) is 33.9 Å². The standard InChI is InChI=1S/C23H19N3O3/c1-15-25-19-12-17(8-9-20(19)26(15)18-5-3-2-4-6-18)23(27)24-13-16-7-10-21-22(11-16)29-14-28-21/h2-12H,13-14H2,1H3,(H,24,27). The van der Waals surface area contributed by atoms with Gasteiger partial charge in [-0.25, -0.2) is 4.98 Å². The second kappa shape index (κ2) is 6.98. The summed E-state index contributed by atoms with van der Waals surface area (Å²) in [6.45, 7) is 2.61.